The lowest BCUT2D eigenvalue weighted by Gasteiger charge is -2.23. The van der Waals surface area contributed by atoms with Gasteiger partial charge in [-0.25, -0.2) is 0 Å². The van der Waals surface area contributed by atoms with Crippen LogP contribution in [0.15, 0.2) is 18.2 Å². The Morgan fingerprint density at radius 3 is 2.60 bits per heavy atom. The van der Waals surface area contributed by atoms with E-state index in [1.165, 1.54) is 29.7 Å². The lowest BCUT2D eigenvalue weighted by molar-refractivity contribution is 0.110. The first-order valence-electron chi connectivity index (χ1n) is 7.39. The molecule has 4 nitrogen and oxygen atoms in total. The average Bonchev–Trinajstić information content (AvgIpc) is 2.50. The van der Waals surface area contributed by atoms with Gasteiger partial charge < -0.3 is 14.8 Å². The third-order valence-electron chi connectivity index (χ3n) is 3.74. The number of rotatable bonds is 8. The van der Waals surface area contributed by atoms with Crippen LogP contribution in [0, 0.1) is 0 Å². The quantitative estimate of drug-likeness (QED) is 0.790. The normalized spacial score (nSPS) is 14.2. The summed E-state index contributed by atoms with van der Waals surface area (Å²) in [5, 5.41) is 3.46. The minimum absolute atomic E-state index is 0.760. The summed E-state index contributed by atoms with van der Waals surface area (Å²) < 4.78 is 10.4. The van der Waals surface area contributed by atoms with E-state index in [0.717, 1.165) is 39.4 Å². The van der Waals surface area contributed by atoms with Crippen molar-refractivity contribution in [1.82, 2.24) is 4.90 Å². The molecule has 1 heterocycles. The van der Waals surface area contributed by atoms with E-state index in [0.29, 0.717) is 0 Å². The highest BCUT2D eigenvalue weighted by Crippen LogP contribution is 2.23. The van der Waals surface area contributed by atoms with Crippen molar-refractivity contribution in [1.29, 1.82) is 0 Å². The number of ether oxygens (including phenoxy) is 2. The first-order valence-corrected chi connectivity index (χ1v) is 7.39. The Hall–Kier alpha value is -1.10. The molecule has 0 aromatic heterocycles. The molecule has 0 saturated heterocycles. The molecule has 0 saturated carbocycles. The summed E-state index contributed by atoms with van der Waals surface area (Å²) in [7, 11) is 3.50. The van der Waals surface area contributed by atoms with Gasteiger partial charge in [0, 0.05) is 46.1 Å². The van der Waals surface area contributed by atoms with Gasteiger partial charge in [-0.2, -0.15) is 0 Å². The molecule has 1 N–H and O–H groups in total. The molecule has 1 aromatic carbocycles. The number of fused-ring (bicyclic) bond motifs is 1. The number of benzene rings is 1. The lowest BCUT2D eigenvalue weighted by Crippen LogP contribution is -2.30. The van der Waals surface area contributed by atoms with E-state index in [1.54, 1.807) is 14.2 Å². The summed E-state index contributed by atoms with van der Waals surface area (Å²) in [5.41, 5.74) is 4.13. The second-order valence-electron chi connectivity index (χ2n) is 5.28. The van der Waals surface area contributed by atoms with E-state index in [1.807, 2.05) is 0 Å². The van der Waals surface area contributed by atoms with Crippen LogP contribution in [0.1, 0.15) is 17.5 Å². The van der Waals surface area contributed by atoms with Crippen LogP contribution in [-0.2, 0) is 22.4 Å². The number of aryl methyl sites for hydroxylation is 1. The first kappa shape index (κ1) is 15.3. The van der Waals surface area contributed by atoms with Crippen LogP contribution in [0.2, 0.25) is 0 Å². The molecule has 0 spiro atoms. The van der Waals surface area contributed by atoms with Gasteiger partial charge in [0.05, 0.1) is 13.2 Å². The highest BCUT2D eigenvalue weighted by molar-refractivity contribution is 5.54. The molecule has 0 radical (unpaired) electrons. The second-order valence-corrected chi connectivity index (χ2v) is 5.28. The fourth-order valence-electron chi connectivity index (χ4n) is 2.60. The van der Waals surface area contributed by atoms with E-state index in [4.69, 9.17) is 9.47 Å². The summed E-state index contributed by atoms with van der Waals surface area (Å²) in [5.74, 6) is 0. The molecular weight excluding hydrogens is 252 g/mol. The van der Waals surface area contributed by atoms with Gasteiger partial charge >= 0.3 is 0 Å². The minimum atomic E-state index is 0.760. The number of hydrogen-bond acceptors (Lipinski definition) is 4. The molecule has 1 aliphatic rings. The van der Waals surface area contributed by atoms with Crippen LogP contribution >= 0.6 is 0 Å². The molecule has 0 unspecified atom stereocenters. The summed E-state index contributed by atoms with van der Waals surface area (Å²) in [6, 6.07) is 6.78. The number of nitrogens with zero attached hydrogens (tertiary/aromatic N) is 1. The fourth-order valence-corrected chi connectivity index (χ4v) is 2.60. The highest BCUT2D eigenvalue weighted by atomic mass is 16.5. The molecule has 2 rings (SSSR count). The molecule has 1 aromatic rings. The minimum Gasteiger partial charge on any atom is -0.385 e. The zero-order chi connectivity index (χ0) is 14.2. The van der Waals surface area contributed by atoms with Crippen molar-refractivity contribution >= 4 is 5.69 Å². The molecule has 20 heavy (non-hydrogen) atoms. The first-order chi connectivity index (χ1) is 9.83. The average molecular weight is 278 g/mol. The predicted molar refractivity (Wildman–Crippen MR) is 82.3 cm³/mol. The van der Waals surface area contributed by atoms with E-state index in [2.05, 4.69) is 28.4 Å². The van der Waals surface area contributed by atoms with E-state index in [-0.39, 0.29) is 0 Å². The van der Waals surface area contributed by atoms with Gasteiger partial charge in [0.25, 0.3) is 0 Å². The third kappa shape index (κ3) is 4.47. The molecule has 4 heteroatoms. The van der Waals surface area contributed by atoms with E-state index in [9.17, 15) is 0 Å². The maximum Gasteiger partial charge on any atom is 0.0589 e. The Bertz CT molecular complexity index is 401. The monoisotopic (exact) mass is 278 g/mol. The van der Waals surface area contributed by atoms with Gasteiger partial charge in [0.1, 0.15) is 0 Å². The smallest absolute Gasteiger partial charge is 0.0589 e. The Kier molecular flexibility index (Phi) is 6.30. The Labute approximate surface area is 122 Å². The molecule has 0 fully saturated rings. The van der Waals surface area contributed by atoms with Crippen molar-refractivity contribution in [2.45, 2.75) is 19.4 Å². The number of methoxy groups -OCH3 is 2. The number of anilines is 1. The maximum atomic E-state index is 5.19. The predicted octanol–water partition coefficient (Wildman–Crippen LogP) is 2.14. The van der Waals surface area contributed by atoms with Crippen molar-refractivity contribution in [2.75, 3.05) is 52.4 Å². The topological polar surface area (TPSA) is 33.7 Å². The van der Waals surface area contributed by atoms with Crippen LogP contribution < -0.4 is 5.32 Å². The Balaban J connectivity index is 1.97. The molecule has 0 atom stereocenters. The molecule has 0 amide bonds. The van der Waals surface area contributed by atoms with Gasteiger partial charge in [0.2, 0.25) is 0 Å². The van der Waals surface area contributed by atoms with Gasteiger partial charge in [-0.15, -0.1) is 0 Å². The third-order valence-corrected chi connectivity index (χ3v) is 3.74. The molecule has 0 aliphatic carbocycles. The Morgan fingerprint density at radius 1 is 1.15 bits per heavy atom. The summed E-state index contributed by atoms with van der Waals surface area (Å²) >= 11 is 0. The van der Waals surface area contributed by atoms with Gasteiger partial charge in [0.15, 0.2) is 0 Å². The SMILES string of the molecule is COCCN(CCOC)Cc1ccc2c(c1)CCCN2. The van der Waals surface area contributed by atoms with Crippen LogP contribution in [0.3, 0.4) is 0 Å². The summed E-state index contributed by atoms with van der Waals surface area (Å²) in [6.45, 7) is 5.46. The zero-order valence-corrected chi connectivity index (χ0v) is 12.7. The number of hydrogen-bond donors (Lipinski definition) is 1. The molecular formula is C16H26N2O2. The summed E-state index contributed by atoms with van der Waals surface area (Å²) in [4.78, 5) is 2.38. The van der Waals surface area contributed by atoms with Crippen molar-refractivity contribution in [3.8, 4) is 0 Å². The highest BCUT2D eigenvalue weighted by Gasteiger charge is 2.11. The van der Waals surface area contributed by atoms with E-state index < -0.39 is 0 Å². The van der Waals surface area contributed by atoms with Gasteiger partial charge in [-0.05, 0) is 30.0 Å². The molecule has 1 aliphatic heterocycles. The van der Waals surface area contributed by atoms with Crippen LogP contribution in [-0.4, -0.2) is 52.0 Å². The fraction of sp³-hybridized carbons (Fsp3) is 0.625. The number of nitrogens with one attached hydrogen (secondary N) is 1. The molecule has 112 valence electrons. The lowest BCUT2D eigenvalue weighted by atomic mass is 10.0. The van der Waals surface area contributed by atoms with Crippen molar-refractivity contribution < 1.29 is 9.47 Å². The van der Waals surface area contributed by atoms with Gasteiger partial charge in [-0.3, -0.25) is 4.90 Å². The second kappa shape index (κ2) is 8.25. The van der Waals surface area contributed by atoms with Crippen LogP contribution in [0.5, 0.6) is 0 Å². The largest absolute Gasteiger partial charge is 0.385 e. The van der Waals surface area contributed by atoms with Crippen molar-refractivity contribution in [2.24, 2.45) is 0 Å². The van der Waals surface area contributed by atoms with Crippen LogP contribution in [0.4, 0.5) is 5.69 Å². The maximum absolute atomic E-state index is 5.19. The zero-order valence-electron chi connectivity index (χ0n) is 12.7. The standard InChI is InChI=1S/C16H26N2O2/c1-19-10-8-18(9-11-20-2)13-14-5-6-16-15(12-14)4-3-7-17-16/h5-6,12,17H,3-4,7-11,13H2,1-2H3. The van der Waals surface area contributed by atoms with Gasteiger partial charge in [-0.1, -0.05) is 12.1 Å². The van der Waals surface area contributed by atoms with E-state index >= 15 is 0 Å². The molecule has 0 bridgehead atoms. The van der Waals surface area contributed by atoms with Crippen molar-refractivity contribution in [3.63, 3.8) is 0 Å². The summed E-state index contributed by atoms with van der Waals surface area (Å²) in [6.07, 6.45) is 2.42. The van der Waals surface area contributed by atoms with Crippen LogP contribution in [0.25, 0.3) is 0 Å². The van der Waals surface area contributed by atoms with Crippen molar-refractivity contribution in [3.05, 3.63) is 29.3 Å². The Morgan fingerprint density at radius 2 is 1.90 bits per heavy atom.